The number of carbonyl (C=O) groups excluding carboxylic acids is 1. The van der Waals surface area contributed by atoms with Gasteiger partial charge in [-0.3, -0.25) is 4.79 Å². The molecule has 0 saturated carbocycles. The predicted octanol–water partition coefficient (Wildman–Crippen LogP) is 2.05. The molecule has 3 aromatic heterocycles. The van der Waals surface area contributed by atoms with Crippen LogP contribution >= 0.6 is 0 Å². The first-order valence-electron chi connectivity index (χ1n) is 8.10. The number of fused-ring (bicyclic) bond motifs is 1. The van der Waals surface area contributed by atoms with Crippen LogP contribution in [0.2, 0.25) is 0 Å². The van der Waals surface area contributed by atoms with Crippen molar-refractivity contribution in [2.45, 2.75) is 0 Å². The van der Waals surface area contributed by atoms with Crippen molar-refractivity contribution < 1.29 is 9.53 Å². The fraction of sp³-hybridized carbons (Fsp3) is 0.333. The highest BCUT2D eigenvalue weighted by molar-refractivity contribution is 6.00. The molecule has 4 rings (SSSR count). The molecule has 0 bridgehead atoms. The summed E-state index contributed by atoms with van der Waals surface area (Å²) in [7, 11) is 3.97. The van der Waals surface area contributed by atoms with Crippen LogP contribution in [0.3, 0.4) is 0 Å². The Morgan fingerprint density at radius 1 is 1.12 bits per heavy atom. The fourth-order valence-electron chi connectivity index (χ4n) is 3.20. The van der Waals surface area contributed by atoms with Gasteiger partial charge in [0, 0.05) is 45.0 Å². The molecular weight excluding hydrogens is 304 g/mol. The zero-order valence-electron chi connectivity index (χ0n) is 13.9. The summed E-state index contributed by atoms with van der Waals surface area (Å²) < 4.78 is 9.39. The lowest BCUT2D eigenvalue weighted by molar-refractivity contribution is 0.0299. The Hall–Kier alpha value is -2.60. The highest BCUT2D eigenvalue weighted by Crippen LogP contribution is 2.28. The van der Waals surface area contributed by atoms with E-state index in [2.05, 4.69) is 0 Å². The summed E-state index contributed by atoms with van der Waals surface area (Å²) >= 11 is 0. The maximum atomic E-state index is 12.9. The van der Waals surface area contributed by atoms with E-state index in [9.17, 15) is 4.79 Å². The third kappa shape index (κ3) is 2.39. The molecule has 1 aliphatic rings. The first kappa shape index (κ1) is 15.0. The van der Waals surface area contributed by atoms with E-state index in [-0.39, 0.29) is 5.91 Å². The maximum Gasteiger partial charge on any atom is 0.272 e. The average molecular weight is 324 g/mol. The number of nitrogens with zero attached hydrogens (tertiary/aromatic N) is 4. The summed E-state index contributed by atoms with van der Waals surface area (Å²) in [5, 5.41) is 1.05. The predicted molar refractivity (Wildman–Crippen MR) is 91.8 cm³/mol. The Balaban J connectivity index is 1.86. The molecule has 0 spiro atoms. The molecule has 3 aromatic rings. The molecule has 0 radical (unpaired) electrons. The van der Waals surface area contributed by atoms with Gasteiger partial charge in [0.25, 0.3) is 5.91 Å². The second kappa shape index (κ2) is 5.79. The number of rotatable bonds is 2. The smallest absolute Gasteiger partial charge is 0.272 e. The molecular formula is C18H20N4O2. The van der Waals surface area contributed by atoms with Gasteiger partial charge in [0.15, 0.2) is 0 Å². The zero-order valence-corrected chi connectivity index (χ0v) is 13.9. The van der Waals surface area contributed by atoms with E-state index in [0.717, 1.165) is 22.3 Å². The van der Waals surface area contributed by atoms with Crippen molar-refractivity contribution in [1.29, 1.82) is 0 Å². The highest BCUT2D eigenvalue weighted by atomic mass is 16.5. The van der Waals surface area contributed by atoms with Crippen molar-refractivity contribution in [2.75, 3.05) is 26.3 Å². The lowest BCUT2D eigenvalue weighted by atomic mass is 10.1. The zero-order chi connectivity index (χ0) is 16.7. The first-order valence-corrected chi connectivity index (χ1v) is 8.10. The largest absolute Gasteiger partial charge is 0.378 e. The number of pyridine rings is 1. The number of aryl methyl sites for hydroxylation is 2. The van der Waals surface area contributed by atoms with Crippen molar-refractivity contribution in [1.82, 2.24) is 19.0 Å². The van der Waals surface area contributed by atoms with Crippen molar-refractivity contribution >= 4 is 16.8 Å². The van der Waals surface area contributed by atoms with Crippen LogP contribution in [0.4, 0.5) is 0 Å². The summed E-state index contributed by atoms with van der Waals surface area (Å²) in [5.41, 5.74) is 3.35. The van der Waals surface area contributed by atoms with Gasteiger partial charge in [-0.25, -0.2) is 4.98 Å². The van der Waals surface area contributed by atoms with E-state index in [1.165, 1.54) is 0 Å². The number of carbonyl (C=O) groups is 1. The van der Waals surface area contributed by atoms with Gasteiger partial charge in [0.2, 0.25) is 0 Å². The van der Waals surface area contributed by atoms with Crippen LogP contribution in [-0.2, 0) is 18.8 Å². The summed E-state index contributed by atoms with van der Waals surface area (Å²) in [6.07, 6.45) is 3.99. The molecule has 1 fully saturated rings. The first-order chi connectivity index (χ1) is 11.6. The molecule has 0 atom stereocenters. The number of hydrogen-bond donors (Lipinski definition) is 0. The molecule has 124 valence electrons. The summed E-state index contributed by atoms with van der Waals surface area (Å²) in [4.78, 5) is 19.4. The van der Waals surface area contributed by atoms with Crippen LogP contribution in [-0.4, -0.2) is 51.2 Å². The molecule has 1 aliphatic heterocycles. The van der Waals surface area contributed by atoms with Gasteiger partial charge < -0.3 is 18.8 Å². The second-order valence-corrected chi connectivity index (χ2v) is 6.12. The third-order valence-corrected chi connectivity index (χ3v) is 4.59. The van der Waals surface area contributed by atoms with Crippen LogP contribution in [0.15, 0.2) is 36.7 Å². The maximum absolute atomic E-state index is 12.9. The molecule has 0 unspecified atom stereocenters. The minimum atomic E-state index is -0.0307. The van der Waals surface area contributed by atoms with Crippen molar-refractivity contribution in [2.24, 2.45) is 14.1 Å². The Labute approximate surface area is 140 Å². The number of amides is 1. The third-order valence-electron chi connectivity index (χ3n) is 4.59. The summed E-state index contributed by atoms with van der Waals surface area (Å²) in [6.45, 7) is 2.40. The van der Waals surface area contributed by atoms with Crippen LogP contribution in [0, 0.1) is 0 Å². The van der Waals surface area contributed by atoms with E-state index in [0.29, 0.717) is 32.0 Å². The number of aromatic nitrogens is 3. The topological polar surface area (TPSA) is 52.3 Å². The van der Waals surface area contributed by atoms with Gasteiger partial charge in [-0.05, 0) is 24.3 Å². The van der Waals surface area contributed by atoms with Gasteiger partial charge in [-0.1, -0.05) is 0 Å². The molecule has 24 heavy (non-hydrogen) atoms. The van der Waals surface area contributed by atoms with Crippen LogP contribution in [0.25, 0.3) is 22.3 Å². The lowest BCUT2D eigenvalue weighted by Crippen LogP contribution is -2.41. The number of ether oxygens (including phenoxy) is 1. The highest BCUT2D eigenvalue weighted by Gasteiger charge is 2.22. The molecule has 6 nitrogen and oxygen atoms in total. The summed E-state index contributed by atoms with van der Waals surface area (Å²) in [5.74, 6) is -0.0307. The Morgan fingerprint density at radius 2 is 1.92 bits per heavy atom. The van der Waals surface area contributed by atoms with Crippen molar-refractivity contribution in [3.8, 4) is 11.4 Å². The second-order valence-electron chi connectivity index (χ2n) is 6.12. The number of hydrogen-bond acceptors (Lipinski definition) is 3. The van der Waals surface area contributed by atoms with Crippen molar-refractivity contribution in [3.63, 3.8) is 0 Å². The van der Waals surface area contributed by atoms with Crippen LogP contribution in [0.5, 0.6) is 0 Å². The van der Waals surface area contributed by atoms with Gasteiger partial charge in [-0.2, -0.15) is 0 Å². The average Bonchev–Trinajstić information content (AvgIpc) is 3.20. The molecule has 1 amide bonds. The molecule has 4 heterocycles. The van der Waals surface area contributed by atoms with Crippen LogP contribution < -0.4 is 0 Å². The quantitative estimate of drug-likeness (QED) is 0.725. The fourth-order valence-corrected chi connectivity index (χ4v) is 3.20. The van der Waals surface area contributed by atoms with Gasteiger partial charge in [0.05, 0.1) is 30.1 Å². The van der Waals surface area contributed by atoms with Gasteiger partial charge in [-0.15, -0.1) is 0 Å². The molecule has 0 aromatic carbocycles. The number of morpholine rings is 1. The Bertz CT molecular complexity index is 903. The Kier molecular flexibility index (Phi) is 3.61. The molecule has 1 saturated heterocycles. The van der Waals surface area contributed by atoms with E-state index in [1.54, 1.807) is 0 Å². The molecule has 0 aliphatic carbocycles. The van der Waals surface area contributed by atoms with E-state index in [1.807, 2.05) is 64.8 Å². The van der Waals surface area contributed by atoms with Crippen LogP contribution in [0.1, 0.15) is 10.5 Å². The normalized spacial score (nSPS) is 15.2. The minimum Gasteiger partial charge on any atom is -0.378 e. The van der Waals surface area contributed by atoms with E-state index < -0.39 is 0 Å². The monoisotopic (exact) mass is 324 g/mol. The van der Waals surface area contributed by atoms with Crippen molar-refractivity contribution in [3.05, 3.63) is 42.4 Å². The summed E-state index contributed by atoms with van der Waals surface area (Å²) in [6, 6.07) is 7.95. The minimum absolute atomic E-state index is 0.0307. The van der Waals surface area contributed by atoms with Gasteiger partial charge in [0.1, 0.15) is 5.69 Å². The van der Waals surface area contributed by atoms with E-state index in [4.69, 9.17) is 9.72 Å². The van der Waals surface area contributed by atoms with E-state index >= 15 is 0 Å². The lowest BCUT2D eigenvalue weighted by Gasteiger charge is -2.26. The molecule has 6 heteroatoms. The van der Waals surface area contributed by atoms with Gasteiger partial charge >= 0.3 is 0 Å². The molecule has 0 N–H and O–H groups in total. The standard InChI is InChI=1S/C18H20N4O2/c1-20-6-3-4-15(20)17-13-5-7-21(2)16(13)12-14(19-17)18(23)22-8-10-24-11-9-22/h3-7,12H,8-11H2,1-2H3. The Morgan fingerprint density at radius 3 is 2.62 bits per heavy atom. The SMILES string of the molecule is Cn1cccc1-c1nc(C(=O)N2CCOCC2)cc2c1ccn2C.